The van der Waals surface area contributed by atoms with E-state index in [1.54, 1.807) is 0 Å². The number of quaternary nitrogens is 1. The maximum atomic E-state index is 13.1. The third-order valence-corrected chi connectivity index (χ3v) is 5.05. The average molecular weight is 364 g/mol. The number of para-hydroxylation sites is 1. The van der Waals surface area contributed by atoms with Gasteiger partial charge in [-0.05, 0) is 39.0 Å². The molecule has 0 bridgehead atoms. The fourth-order valence-corrected chi connectivity index (χ4v) is 3.28. The molecule has 5 heteroatoms. The van der Waals surface area contributed by atoms with Crippen LogP contribution in [0.1, 0.15) is 28.5 Å². The van der Waals surface area contributed by atoms with E-state index < -0.39 is 0 Å². The molecule has 0 saturated carbocycles. The Morgan fingerprint density at radius 3 is 2.44 bits per heavy atom. The topological polar surface area (TPSA) is 66.4 Å². The molecule has 5 nitrogen and oxygen atoms in total. The number of likely N-dealkylation sites (N-methyl/N-ethyl adjacent to an activating group) is 1. The van der Waals surface area contributed by atoms with Gasteiger partial charge in [0.25, 0.3) is 5.91 Å². The Morgan fingerprint density at radius 1 is 1.07 bits per heavy atom. The first-order valence-electron chi connectivity index (χ1n) is 9.17. The number of aromatic nitrogens is 1. The van der Waals surface area contributed by atoms with Crippen molar-refractivity contribution >= 4 is 28.3 Å². The molecule has 0 aliphatic rings. The maximum Gasteiger partial charge on any atom is 0.279 e. The van der Waals surface area contributed by atoms with Crippen LogP contribution in [-0.2, 0) is 4.79 Å². The van der Waals surface area contributed by atoms with Gasteiger partial charge in [0.15, 0.2) is 6.54 Å². The molecule has 3 aromatic rings. The van der Waals surface area contributed by atoms with E-state index in [9.17, 15) is 9.59 Å². The number of amides is 1. The highest BCUT2D eigenvalue weighted by Gasteiger charge is 2.28. The van der Waals surface area contributed by atoms with Gasteiger partial charge < -0.3 is 15.2 Å². The van der Waals surface area contributed by atoms with Crippen molar-refractivity contribution in [3.63, 3.8) is 0 Å². The van der Waals surface area contributed by atoms with E-state index in [4.69, 9.17) is 0 Å². The standard InChI is InChI=1S/C22H25N3O2/c1-14-9-11-17(12-10-14)24-20(26)13-25(4)16(3)22(27)21-15(2)23-19-8-6-5-7-18(19)21/h5-12,16,23H,13H2,1-4H3,(H,24,26)/p+1/t16-/m1/s1. The van der Waals surface area contributed by atoms with Crippen molar-refractivity contribution in [1.82, 2.24) is 4.98 Å². The summed E-state index contributed by atoms with van der Waals surface area (Å²) in [6, 6.07) is 15.2. The molecule has 1 aromatic heterocycles. The first-order chi connectivity index (χ1) is 12.9. The Balaban J connectivity index is 1.69. The molecule has 0 radical (unpaired) electrons. The van der Waals surface area contributed by atoms with Gasteiger partial charge in [0.2, 0.25) is 5.78 Å². The number of carbonyl (C=O) groups is 2. The van der Waals surface area contributed by atoms with Gasteiger partial charge in [-0.1, -0.05) is 35.9 Å². The Kier molecular flexibility index (Phi) is 5.42. The first kappa shape index (κ1) is 18.9. The summed E-state index contributed by atoms with van der Waals surface area (Å²) < 4.78 is 0. The van der Waals surface area contributed by atoms with E-state index in [2.05, 4.69) is 10.3 Å². The van der Waals surface area contributed by atoms with Gasteiger partial charge in [-0.15, -0.1) is 0 Å². The molecule has 0 saturated heterocycles. The van der Waals surface area contributed by atoms with Gasteiger partial charge in [-0.3, -0.25) is 9.59 Å². The number of H-pyrrole nitrogens is 1. The Morgan fingerprint density at radius 2 is 1.74 bits per heavy atom. The van der Waals surface area contributed by atoms with Gasteiger partial charge in [-0.2, -0.15) is 0 Å². The second kappa shape index (κ2) is 7.76. The van der Waals surface area contributed by atoms with Crippen LogP contribution in [-0.4, -0.2) is 36.3 Å². The lowest BCUT2D eigenvalue weighted by Gasteiger charge is -2.20. The van der Waals surface area contributed by atoms with Gasteiger partial charge in [0.1, 0.15) is 6.04 Å². The normalized spacial score (nSPS) is 13.3. The highest BCUT2D eigenvalue weighted by atomic mass is 16.2. The summed E-state index contributed by atoms with van der Waals surface area (Å²) in [6.45, 7) is 6.02. The largest absolute Gasteiger partial charge is 0.358 e. The maximum absolute atomic E-state index is 13.1. The number of hydrogen-bond acceptors (Lipinski definition) is 2. The number of fused-ring (bicyclic) bond motifs is 1. The Labute approximate surface area is 159 Å². The van der Waals surface area contributed by atoms with Gasteiger partial charge >= 0.3 is 0 Å². The SMILES string of the molecule is Cc1ccc(NC(=O)C[NH+](C)[C@H](C)C(=O)c2c(C)[nH]c3ccccc23)cc1. The van der Waals surface area contributed by atoms with E-state index in [1.165, 1.54) is 0 Å². The van der Waals surface area contributed by atoms with Crippen molar-refractivity contribution in [2.24, 2.45) is 0 Å². The fraction of sp³-hybridized carbons (Fsp3) is 0.273. The number of carbonyl (C=O) groups excluding carboxylic acids is 2. The van der Waals surface area contributed by atoms with E-state index >= 15 is 0 Å². The highest BCUT2D eigenvalue weighted by Crippen LogP contribution is 2.22. The molecule has 2 atom stereocenters. The Hall–Kier alpha value is -2.92. The van der Waals surface area contributed by atoms with Gasteiger partial charge in [-0.25, -0.2) is 0 Å². The summed E-state index contributed by atoms with van der Waals surface area (Å²) in [6.07, 6.45) is 0. The molecule has 2 aromatic carbocycles. The number of benzene rings is 2. The number of aryl methyl sites for hydroxylation is 2. The van der Waals surface area contributed by atoms with Crippen molar-refractivity contribution < 1.29 is 14.5 Å². The van der Waals surface area contributed by atoms with Crippen LogP contribution in [0.15, 0.2) is 48.5 Å². The molecule has 3 N–H and O–H groups in total. The minimum Gasteiger partial charge on any atom is -0.358 e. The number of rotatable bonds is 6. The second-order valence-electron chi connectivity index (χ2n) is 7.19. The number of anilines is 1. The molecule has 1 unspecified atom stereocenters. The van der Waals surface area contributed by atoms with Crippen LogP contribution in [0.2, 0.25) is 0 Å². The minimum atomic E-state index is -0.327. The molecule has 0 aliphatic carbocycles. The fourth-order valence-electron chi connectivity index (χ4n) is 3.28. The van der Waals surface area contributed by atoms with E-state index in [1.807, 2.05) is 76.3 Å². The van der Waals surface area contributed by atoms with Crippen LogP contribution in [0.25, 0.3) is 10.9 Å². The smallest absolute Gasteiger partial charge is 0.279 e. The van der Waals surface area contributed by atoms with Gasteiger partial charge in [0.05, 0.1) is 12.6 Å². The summed E-state index contributed by atoms with van der Waals surface area (Å²) in [7, 11) is 1.88. The quantitative estimate of drug-likeness (QED) is 0.589. The molecule has 140 valence electrons. The minimum absolute atomic E-state index is 0.0468. The summed E-state index contributed by atoms with van der Waals surface area (Å²) in [4.78, 5) is 29.6. The van der Waals surface area contributed by atoms with E-state index in [0.29, 0.717) is 0 Å². The molecule has 1 amide bonds. The predicted molar refractivity (Wildman–Crippen MR) is 108 cm³/mol. The number of Topliss-reactive ketones (excluding diaryl/α,β-unsaturated/α-hetero) is 1. The molecule has 27 heavy (non-hydrogen) atoms. The molecular weight excluding hydrogens is 338 g/mol. The molecular formula is C22H26N3O2+. The van der Waals surface area contributed by atoms with Crippen LogP contribution in [0.4, 0.5) is 5.69 Å². The van der Waals surface area contributed by atoms with Crippen molar-refractivity contribution in [2.45, 2.75) is 26.8 Å². The van der Waals surface area contributed by atoms with Crippen molar-refractivity contribution in [2.75, 3.05) is 18.9 Å². The average Bonchev–Trinajstić information content (AvgIpc) is 2.98. The second-order valence-corrected chi connectivity index (χ2v) is 7.19. The third kappa shape index (κ3) is 4.09. The zero-order valence-electron chi connectivity index (χ0n) is 16.2. The van der Waals surface area contributed by atoms with E-state index in [0.717, 1.165) is 38.3 Å². The van der Waals surface area contributed by atoms with Crippen LogP contribution in [0.3, 0.4) is 0 Å². The number of aromatic amines is 1. The third-order valence-electron chi connectivity index (χ3n) is 5.05. The van der Waals surface area contributed by atoms with Crippen molar-refractivity contribution in [3.05, 3.63) is 65.4 Å². The number of nitrogens with one attached hydrogen (secondary N) is 3. The van der Waals surface area contributed by atoms with Crippen LogP contribution < -0.4 is 10.2 Å². The van der Waals surface area contributed by atoms with E-state index in [-0.39, 0.29) is 24.3 Å². The van der Waals surface area contributed by atoms with Crippen LogP contribution in [0.5, 0.6) is 0 Å². The predicted octanol–water partition coefficient (Wildman–Crippen LogP) is 2.51. The lowest BCUT2D eigenvalue weighted by atomic mass is 10.0. The van der Waals surface area contributed by atoms with Crippen molar-refractivity contribution in [1.29, 1.82) is 0 Å². The summed E-state index contributed by atoms with van der Waals surface area (Å²) in [5.41, 5.74) is 4.45. The Bertz CT molecular complexity index is 973. The lowest BCUT2D eigenvalue weighted by molar-refractivity contribution is -0.885. The molecule has 0 spiro atoms. The lowest BCUT2D eigenvalue weighted by Crippen LogP contribution is -3.14. The molecule has 3 rings (SSSR count). The molecule has 1 heterocycles. The first-order valence-corrected chi connectivity index (χ1v) is 9.17. The van der Waals surface area contributed by atoms with Crippen LogP contribution in [0, 0.1) is 13.8 Å². The van der Waals surface area contributed by atoms with Crippen LogP contribution >= 0.6 is 0 Å². The summed E-state index contributed by atoms with van der Waals surface area (Å²) in [5.74, 6) is -0.0581. The number of hydrogen-bond donors (Lipinski definition) is 3. The summed E-state index contributed by atoms with van der Waals surface area (Å²) in [5, 5.41) is 3.83. The van der Waals surface area contributed by atoms with Crippen molar-refractivity contribution in [3.8, 4) is 0 Å². The zero-order chi connectivity index (χ0) is 19.6. The highest BCUT2D eigenvalue weighted by molar-refractivity contribution is 6.11. The van der Waals surface area contributed by atoms with Gasteiger partial charge in [0, 0.05) is 22.3 Å². The zero-order valence-corrected chi connectivity index (χ0v) is 16.2. The molecule has 0 aliphatic heterocycles. The summed E-state index contributed by atoms with van der Waals surface area (Å²) >= 11 is 0. The number of ketones is 1. The monoisotopic (exact) mass is 364 g/mol. The molecule has 0 fully saturated rings.